The van der Waals surface area contributed by atoms with Gasteiger partial charge in [-0.3, -0.25) is 4.79 Å². The molecule has 2 aliphatic heterocycles. The van der Waals surface area contributed by atoms with Gasteiger partial charge < -0.3 is 15.1 Å². The quantitative estimate of drug-likeness (QED) is 0.748. The maximum atomic E-state index is 12.6. The molecule has 0 aliphatic carbocycles. The van der Waals surface area contributed by atoms with E-state index in [1.807, 2.05) is 36.4 Å². The van der Waals surface area contributed by atoms with Crippen LogP contribution in [0.5, 0.6) is 0 Å². The predicted molar refractivity (Wildman–Crippen MR) is 114 cm³/mol. The van der Waals surface area contributed by atoms with Crippen molar-refractivity contribution >= 4 is 23.1 Å². The van der Waals surface area contributed by atoms with E-state index in [0.717, 1.165) is 43.1 Å². The average molecular weight is 377 g/mol. The monoisotopic (exact) mass is 376 g/mol. The summed E-state index contributed by atoms with van der Waals surface area (Å²) in [4.78, 5) is 21.9. The van der Waals surface area contributed by atoms with Gasteiger partial charge in [-0.05, 0) is 63.0 Å². The van der Waals surface area contributed by atoms with Crippen LogP contribution in [0.25, 0.3) is 0 Å². The van der Waals surface area contributed by atoms with Crippen molar-refractivity contribution in [1.82, 2.24) is 9.88 Å². The van der Waals surface area contributed by atoms with Crippen molar-refractivity contribution in [2.75, 3.05) is 36.4 Å². The molecule has 5 heteroatoms. The number of hydrogen-bond donors (Lipinski definition) is 1. The highest BCUT2D eigenvalue weighted by Gasteiger charge is 2.25. The first-order valence-electron chi connectivity index (χ1n) is 10.3. The zero-order valence-corrected chi connectivity index (χ0v) is 16.3. The van der Waals surface area contributed by atoms with Gasteiger partial charge in [0.2, 0.25) is 0 Å². The Kier molecular flexibility index (Phi) is 6.02. The molecule has 2 aromatic rings. The summed E-state index contributed by atoms with van der Waals surface area (Å²) in [6, 6.07) is 11.5. The predicted octanol–water partition coefficient (Wildman–Crippen LogP) is 4.61. The molecule has 1 saturated heterocycles. The van der Waals surface area contributed by atoms with Crippen LogP contribution in [-0.4, -0.2) is 42.0 Å². The minimum absolute atomic E-state index is 0.0792. The van der Waals surface area contributed by atoms with Crippen molar-refractivity contribution in [2.24, 2.45) is 0 Å². The molecule has 0 unspecified atom stereocenters. The highest BCUT2D eigenvalue weighted by molar-refractivity contribution is 6.11. The number of benzene rings is 1. The Morgan fingerprint density at radius 1 is 0.964 bits per heavy atom. The van der Waals surface area contributed by atoms with Gasteiger partial charge >= 0.3 is 0 Å². The molecule has 5 nitrogen and oxygen atoms in total. The van der Waals surface area contributed by atoms with E-state index in [0.29, 0.717) is 5.56 Å². The number of pyridine rings is 1. The number of carbonyl (C=O) groups is 1. The number of rotatable bonds is 6. The fourth-order valence-corrected chi connectivity index (χ4v) is 4.02. The van der Waals surface area contributed by atoms with Crippen LogP contribution >= 0.6 is 0 Å². The first kappa shape index (κ1) is 18.7. The minimum atomic E-state index is -0.0792. The summed E-state index contributed by atoms with van der Waals surface area (Å²) in [5.41, 5.74) is 2.37. The van der Waals surface area contributed by atoms with Gasteiger partial charge in [0.15, 0.2) is 5.82 Å². The van der Waals surface area contributed by atoms with Crippen molar-refractivity contribution in [3.63, 3.8) is 0 Å². The topological polar surface area (TPSA) is 48.5 Å². The molecule has 0 bridgehead atoms. The molecule has 0 saturated carbocycles. The van der Waals surface area contributed by atoms with Crippen LogP contribution in [0.15, 0.2) is 54.7 Å². The van der Waals surface area contributed by atoms with E-state index in [1.54, 1.807) is 6.20 Å². The largest absolute Gasteiger partial charge is 0.324 e. The first-order chi connectivity index (χ1) is 13.8. The van der Waals surface area contributed by atoms with Crippen LogP contribution in [0, 0.1) is 0 Å². The van der Waals surface area contributed by atoms with Crippen molar-refractivity contribution in [3.8, 4) is 0 Å². The number of fused-ring (bicyclic) bond motifs is 2. The average Bonchev–Trinajstić information content (AvgIpc) is 2.86. The Balaban J connectivity index is 1.42. The van der Waals surface area contributed by atoms with Crippen LogP contribution in [0.1, 0.15) is 42.5 Å². The highest BCUT2D eigenvalue weighted by atomic mass is 16.1. The number of amides is 1. The zero-order valence-electron chi connectivity index (χ0n) is 16.3. The van der Waals surface area contributed by atoms with Gasteiger partial charge in [-0.2, -0.15) is 0 Å². The fraction of sp³-hybridized carbons (Fsp3) is 0.391. The summed E-state index contributed by atoms with van der Waals surface area (Å²) in [6.45, 7) is 4.45. The van der Waals surface area contributed by atoms with Crippen molar-refractivity contribution in [3.05, 3.63) is 60.3 Å². The highest BCUT2D eigenvalue weighted by Crippen LogP contribution is 2.35. The van der Waals surface area contributed by atoms with E-state index in [4.69, 9.17) is 0 Å². The number of nitrogens with zero attached hydrogens (tertiary/aromatic N) is 3. The van der Waals surface area contributed by atoms with E-state index in [9.17, 15) is 4.79 Å². The smallest absolute Gasteiger partial charge is 0.257 e. The Morgan fingerprint density at radius 3 is 2.61 bits per heavy atom. The fourth-order valence-electron chi connectivity index (χ4n) is 4.02. The van der Waals surface area contributed by atoms with Gasteiger partial charge in [0, 0.05) is 19.3 Å². The molecule has 1 aromatic heterocycles. The minimum Gasteiger partial charge on any atom is -0.324 e. The molecule has 2 aliphatic rings. The number of carbonyl (C=O) groups excluding carboxylic acids is 1. The summed E-state index contributed by atoms with van der Waals surface area (Å²) in [5.74, 6) is 0.729. The van der Waals surface area contributed by atoms with Crippen LogP contribution in [0.3, 0.4) is 0 Å². The third kappa shape index (κ3) is 4.25. The second-order valence-electron chi connectivity index (χ2n) is 7.45. The Bertz CT molecular complexity index is 842. The Morgan fingerprint density at radius 2 is 1.75 bits per heavy atom. The molecule has 1 fully saturated rings. The SMILES string of the molecule is O=C1Nc2cccnc2N(CC/C=C/CCN2CCCCC2)c2ccccc21. The van der Waals surface area contributed by atoms with Crippen LogP contribution in [-0.2, 0) is 0 Å². The number of nitrogens with one attached hydrogen (secondary N) is 1. The van der Waals surface area contributed by atoms with Gasteiger partial charge in [0.25, 0.3) is 5.91 Å². The second-order valence-corrected chi connectivity index (χ2v) is 7.45. The maximum Gasteiger partial charge on any atom is 0.257 e. The third-order valence-corrected chi connectivity index (χ3v) is 5.48. The number of hydrogen-bond acceptors (Lipinski definition) is 4. The van der Waals surface area contributed by atoms with Crippen LogP contribution in [0.2, 0.25) is 0 Å². The molecule has 3 heterocycles. The van der Waals surface area contributed by atoms with E-state index in [-0.39, 0.29) is 5.91 Å². The Labute approximate surface area is 167 Å². The standard InChI is InChI=1S/C23H28N4O/c28-23-19-11-4-5-13-21(19)27(22-20(25-23)12-10-14-24-22)18-9-2-1-6-15-26-16-7-3-8-17-26/h1-2,4-5,10-14H,3,6-9,15-18H2,(H,25,28)/b2-1+. The van der Waals surface area contributed by atoms with E-state index in [2.05, 4.69) is 32.3 Å². The van der Waals surface area contributed by atoms with Crippen molar-refractivity contribution < 1.29 is 4.79 Å². The summed E-state index contributed by atoms with van der Waals surface area (Å²) in [7, 11) is 0. The number of piperidine rings is 1. The maximum absolute atomic E-state index is 12.6. The third-order valence-electron chi connectivity index (χ3n) is 5.48. The van der Waals surface area contributed by atoms with Gasteiger partial charge in [0.05, 0.1) is 16.9 Å². The first-order valence-corrected chi connectivity index (χ1v) is 10.3. The lowest BCUT2D eigenvalue weighted by Crippen LogP contribution is -2.30. The van der Waals surface area contributed by atoms with E-state index < -0.39 is 0 Å². The van der Waals surface area contributed by atoms with E-state index >= 15 is 0 Å². The molecule has 0 spiro atoms. The number of anilines is 3. The Hall–Kier alpha value is -2.66. The molecule has 1 N–H and O–H groups in total. The van der Waals surface area contributed by atoms with E-state index in [1.165, 1.54) is 32.4 Å². The molecule has 0 atom stereocenters. The molecular weight excluding hydrogens is 348 g/mol. The van der Waals surface area contributed by atoms with Crippen LogP contribution < -0.4 is 10.2 Å². The molecule has 1 amide bonds. The summed E-state index contributed by atoms with van der Waals surface area (Å²) in [5, 5.41) is 2.99. The number of para-hydroxylation sites is 1. The van der Waals surface area contributed by atoms with Gasteiger partial charge in [-0.25, -0.2) is 4.98 Å². The normalized spacial score (nSPS) is 17.1. The lowest BCUT2D eigenvalue weighted by atomic mass is 10.1. The lowest BCUT2D eigenvalue weighted by Gasteiger charge is -2.25. The molecule has 28 heavy (non-hydrogen) atoms. The molecule has 146 valence electrons. The van der Waals surface area contributed by atoms with Gasteiger partial charge in [-0.15, -0.1) is 0 Å². The number of aromatic nitrogens is 1. The lowest BCUT2D eigenvalue weighted by molar-refractivity contribution is 0.102. The molecule has 1 aromatic carbocycles. The summed E-state index contributed by atoms with van der Waals surface area (Å²) < 4.78 is 0. The molecule has 4 rings (SSSR count). The number of likely N-dealkylation sites (tertiary alicyclic amines) is 1. The second kappa shape index (κ2) is 9.02. The molecular formula is C23H28N4O. The molecule has 0 radical (unpaired) electrons. The zero-order chi connectivity index (χ0) is 19.2. The summed E-state index contributed by atoms with van der Waals surface area (Å²) >= 11 is 0. The van der Waals surface area contributed by atoms with Gasteiger partial charge in [-0.1, -0.05) is 30.7 Å². The van der Waals surface area contributed by atoms with Crippen molar-refractivity contribution in [2.45, 2.75) is 32.1 Å². The van der Waals surface area contributed by atoms with Gasteiger partial charge in [0.1, 0.15) is 0 Å². The summed E-state index contributed by atoms with van der Waals surface area (Å²) in [6.07, 6.45) is 12.4. The van der Waals surface area contributed by atoms with Crippen molar-refractivity contribution in [1.29, 1.82) is 0 Å². The van der Waals surface area contributed by atoms with Crippen LogP contribution in [0.4, 0.5) is 17.2 Å².